The van der Waals surface area contributed by atoms with Crippen LogP contribution in [0.4, 0.5) is 5.95 Å². The van der Waals surface area contributed by atoms with Gasteiger partial charge in [-0.2, -0.15) is 4.98 Å². The third-order valence-electron chi connectivity index (χ3n) is 6.65. The minimum Gasteiger partial charge on any atom is -0.456 e. The van der Waals surface area contributed by atoms with E-state index in [1.54, 1.807) is 38.1 Å². The first-order valence-corrected chi connectivity index (χ1v) is 14.4. The number of hydrogen-bond donors (Lipinski definition) is 3. The molecule has 3 aromatic rings. The third-order valence-corrected chi connectivity index (χ3v) is 8.36. The molecule has 14 nitrogen and oxygen atoms in total. The van der Waals surface area contributed by atoms with Gasteiger partial charge in [-0.15, -0.1) is 0 Å². The van der Waals surface area contributed by atoms with Gasteiger partial charge in [-0.25, -0.2) is 9.55 Å². The second kappa shape index (κ2) is 10.9. The van der Waals surface area contributed by atoms with E-state index in [1.165, 1.54) is 17.8 Å². The van der Waals surface area contributed by atoms with Gasteiger partial charge in [-0.1, -0.05) is 37.6 Å². The van der Waals surface area contributed by atoms with Crippen LogP contribution in [0.2, 0.25) is 5.02 Å². The Bertz CT molecular complexity index is 1530. The normalized spacial score (nSPS) is 30.6. The number of carbonyl (C=O) groups excluding carboxylic acids is 1. The number of H-pyrrole nitrogens is 1. The molecule has 16 heteroatoms. The van der Waals surface area contributed by atoms with Crippen LogP contribution in [0.3, 0.4) is 0 Å². The van der Waals surface area contributed by atoms with E-state index in [0.717, 1.165) is 0 Å². The summed E-state index contributed by atoms with van der Waals surface area (Å²) in [4.78, 5) is 35.7. The van der Waals surface area contributed by atoms with Crippen LogP contribution in [0, 0.1) is 5.92 Å². The lowest BCUT2D eigenvalue weighted by molar-refractivity contribution is -0.167. The van der Waals surface area contributed by atoms with Gasteiger partial charge in [-0.05, 0) is 24.6 Å². The maximum absolute atomic E-state index is 13.4. The Morgan fingerprint density at radius 1 is 1.43 bits per heavy atom. The summed E-state index contributed by atoms with van der Waals surface area (Å²) >= 11 is 6.09. The number of nitrogens with zero attached hydrogens (tertiary/aromatic N) is 3. The average Bonchev–Trinajstić information content (AvgIpc) is 3.41. The Hall–Kier alpha value is -2.84. The molecule has 6 atom stereocenters. The van der Waals surface area contributed by atoms with Gasteiger partial charge < -0.3 is 20.3 Å². The van der Waals surface area contributed by atoms with Gasteiger partial charge in [0.25, 0.3) is 5.56 Å². The predicted molar refractivity (Wildman–Crippen MR) is 141 cm³/mol. The smallest absolute Gasteiger partial charge is 0.456 e. The van der Waals surface area contributed by atoms with E-state index in [9.17, 15) is 19.3 Å². The van der Waals surface area contributed by atoms with Gasteiger partial charge in [0.1, 0.15) is 18.0 Å². The van der Waals surface area contributed by atoms with Crippen molar-refractivity contribution in [1.29, 1.82) is 0 Å². The summed E-state index contributed by atoms with van der Waals surface area (Å²) in [5, 5.41) is 12.1. The molecule has 5 rings (SSSR count). The number of halogens is 1. The van der Waals surface area contributed by atoms with Crippen LogP contribution >= 0.6 is 19.4 Å². The van der Waals surface area contributed by atoms with Crippen LogP contribution in [0.5, 0.6) is 0 Å². The van der Waals surface area contributed by atoms with Crippen LogP contribution in [0.25, 0.3) is 11.2 Å². The fourth-order valence-electron chi connectivity index (χ4n) is 4.65. The number of aliphatic hydroxyl groups is 1. The lowest BCUT2D eigenvalue weighted by Gasteiger charge is -2.31. The molecular formula is C24H29ClN5O9P. The number of anilines is 1. The molecule has 2 aliphatic rings. The summed E-state index contributed by atoms with van der Waals surface area (Å²) in [5.74, 6) is -1.27. The molecule has 216 valence electrons. The van der Waals surface area contributed by atoms with Gasteiger partial charge in [0.2, 0.25) is 5.95 Å². The zero-order chi connectivity index (χ0) is 28.8. The number of benzene rings is 1. The summed E-state index contributed by atoms with van der Waals surface area (Å²) in [6.07, 6.45) is -2.66. The molecule has 2 aromatic heterocycles. The fraction of sp³-hybridized carbons (Fsp3) is 0.500. The van der Waals surface area contributed by atoms with Crippen molar-refractivity contribution in [2.75, 3.05) is 18.9 Å². The van der Waals surface area contributed by atoms with E-state index in [2.05, 4.69) is 15.0 Å². The Labute approximate surface area is 233 Å². The summed E-state index contributed by atoms with van der Waals surface area (Å²) in [6.45, 7) is 4.29. The summed E-state index contributed by atoms with van der Waals surface area (Å²) in [6, 6.07) is 6.94. The quantitative estimate of drug-likeness (QED) is 0.267. The van der Waals surface area contributed by atoms with Gasteiger partial charge >= 0.3 is 13.8 Å². The predicted octanol–water partition coefficient (Wildman–Crippen LogP) is 2.87. The zero-order valence-electron chi connectivity index (χ0n) is 21.9. The molecule has 0 spiro atoms. The molecule has 4 heterocycles. The second-order valence-corrected chi connectivity index (χ2v) is 12.1. The van der Waals surface area contributed by atoms with Gasteiger partial charge in [-0.3, -0.25) is 32.7 Å². The number of nitrogen functional groups attached to an aromatic ring is 1. The molecular weight excluding hydrogens is 569 g/mol. The molecule has 0 radical (unpaired) electrons. The first kappa shape index (κ1) is 28.7. The number of ether oxygens (including phenoxy) is 2. The van der Waals surface area contributed by atoms with Crippen LogP contribution in [0.15, 0.2) is 35.4 Å². The number of rotatable bonds is 7. The lowest BCUT2D eigenvalue weighted by Crippen LogP contribution is -2.47. The van der Waals surface area contributed by atoms with E-state index in [1.807, 2.05) is 0 Å². The number of fused-ring (bicyclic) bond motifs is 1. The van der Waals surface area contributed by atoms with Crippen LogP contribution in [-0.2, 0) is 32.4 Å². The van der Waals surface area contributed by atoms with Gasteiger partial charge in [0.05, 0.1) is 25.2 Å². The number of phosphoric ester groups is 1. The Kier molecular flexibility index (Phi) is 7.79. The molecule has 2 fully saturated rings. The Morgan fingerprint density at radius 2 is 2.20 bits per heavy atom. The number of nitrogens with two attached hydrogens (primary N) is 1. The van der Waals surface area contributed by atoms with E-state index >= 15 is 0 Å². The topological polar surface area (TPSA) is 190 Å². The molecule has 2 saturated heterocycles. The fourth-order valence-corrected chi connectivity index (χ4v) is 6.24. The van der Waals surface area contributed by atoms with Crippen LogP contribution < -0.4 is 11.3 Å². The molecule has 4 N–H and O–H groups in total. The second-order valence-electron chi connectivity index (χ2n) is 10.1. The number of esters is 1. The van der Waals surface area contributed by atoms with Gasteiger partial charge in [0, 0.05) is 11.4 Å². The van der Waals surface area contributed by atoms with Crippen LogP contribution in [-0.4, -0.2) is 61.6 Å². The highest BCUT2D eigenvalue weighted by molar-refractivity contribution is 7.48. The number of carbonyl (C=O) groups is 1. The standard InChI is InChI=1S/C24H29ClN5O9P/c1-12(2)21(32)38-18-16(10-36-40(34)35-8-7-15(39-40)13-5-4-6-14(25)9-13)37-22(24(18,3)33)30-11-27-19-17(30)20(31)29-23(26)28-19/h4-6,9,11-12,15-16,18,22,33H,7-8,10H2,1-3H3,(H3,26,28,29,31)/t15-,16+,18+,22+,24+,40+/m0/s1. The minimum atomic E-state index is -4.10. The van der Waals surface area contributed by atoms with Gasteiger partial charge in [0.15, 0.2) is 23.5 Å². The molecule has 1 aromatic carbocycles. The maximum Gasteiger partial charge on any atom is 0.475 e. The van der Waals surface area contributed by atoms with Crippen molar-refractivity contribution >= 4 is 42.5 Å². The van der Waals surface area contributed by atoms with E-state index in [-0.39, 0.29) is 23.7 Å². The van der Waals surface area contributed by atoms with Crippen molar-refractivity contribution in [1.82, 2.24) is 19.5 Å². The van der Waals surface area contributed by atoms with Crippen molar-refractivity contribution in [3.63, 3.8) is 0 Å². The summed E-state index contributed by atoms with van der Waals surface area (Å²) in [7, 11) is -4.10. The number of aromatic nitrogens is 4. The first-order chi connectivity index (χ1) is 18.9. The minimum absolute atomic E-state index is 0.0221. The SMILES string of the molecule is CC(C)C(=O)O[C@@H]1[C@@H](CO[P@@]2(=O)OCC[C@@H](c3cccc(Cl)c3)O2)O[C@@H](n2cnc3nc(N)[nH]c(=O)c32)[C@]1(C)O. The Balaban J connectivity index is 1.41. The largest absolute Gasteiger partial charge is 0.475 e. The molecule has 0 saturated carbocycles. The van der Waals surface area contributed by atoms with Crippen molar-refractivity contribution in [2.24, 2.45) is 5.92 Å². The number of phosphoric acid groups is 1. The average molecular weight is 598 g/mol. The van der Waals surface area contributed by atoms with Crippen molar-refractivity contribution < 1.29 is 37.5 Å². The van der Waals surface area contributed by atoms with Crippen LogP contribution in [0.1, 0.15) is 45.1 Å². The molecule has 0 unspecified atom stereocenters. The van der Waals surface area contributed by atoms with E-state index in [0.29, 0.717) is 17.0 Å². The maximum atomic E-state index is 13.4. The zero-order valence-corrected chi connectivity index (χ0v) is 23.5. The van der Waals surface area contributed by atoms with Crippen molar-refractivity contribution in [2.45, 2.75) is 57.3 Å². The number of aromatic amines is 1. The number of imidazole rings is 1. The number of hydrogen-bond acceptors (Lipinski definition) is 12. The van der Waals surface area contributed by atoms with Crippen molar-refractivity contribution in [3.05, 3.63) is 51.5 Å². The number of nitrogens with one attached hydrogen (secondary N) is 1. The van der Waals surface area contributed by atoms with E-state index in [4.69, 9.17) is 40.4 Å². The van der Waals surface area contributed by atoms with E-state index < -0.39 is 62.0 Å². The molecule has 0 amide bonds. The summed E-state index contributed by atoms with van der Waals surface area (Å²) in [5.41, 5.74) is 3.81. The molecule has 40 heavy (non-hydrogen) atoms. The highest BCUT2D eigenvalue weighted by atomic mass is 35.5. The summed E-state index contributed by atoms with van der Waals surface area (Å²) < 4.78 is 43.1. The highest BCUT2D eigenvalue weighted by Gasteiger charge is 2.57. The molecule has 0 bridgehead atoms. The lowest BCUT2D eigenvalue weighted by atomic mass is 9.96. The third kappa shape index (κ3) is 5.53. The molecule has 2 aliphatic heterocycles. The molecule has 0 aliphatic carbocycles. The monoisotopic (exact) mass is 597 g/mol. The Morgan fingerprint density at radius 3 is 2.92 bits per heavy atom. The first-order valence-electron chi connectivity index (χ1n) is 12.5. The van der Waals surface area contributed by atoms with Crippen molar-refractivity contribution in [3.8, 4) is 0 Å². The highest BCUT2D eigenvalue weighted by Crippen LogP contribution is 2.57.